The van der Waals surface area contributed by atoms with E-state index in [-0.39, 0.29) is 0 Å². The lowest BCUT2D eigenvalue weighted by atomic mass is 10.1. The lowest BCUT2D eigenvalue weighted by Crippen LogP contribution is -2.25. The van der Waals surface area contributed by atoms with Crippen LogP contribution >= 0.6 is 0 Å². The van der Waals surface area contributed by atoms with Gasteiger partial charge in [-0.1, -0.05) is 0 Å². The topological polar surface area (TPSA) is 54.1 Å². The first kappa shape index (κ1) is 15.6. The van der Waals surface area contributed by atoms with Gasteiger partial charge in [-0.2, -0.15) is 10.4 Å². The number of likely N-dealkylation sites (tertiary alicyclic amines) is 1. The molecule has 1 atom stereocenters. The third kappa shape index (κ3) is 3.91. The first-order valence-corrected chi connectivity index (χ1v) is 8.12. The minimum absolute atomic E-state index is 0.499. The number of aromatic nitrogens is 2. The average Bonchev–Trinajstić information content (AvgIpc) is 3.20. The van der Waals surface area contributed by atoms with Crippen molar-refractivity contribution >= 4 is 0 Å². The molecule has 0 N–H and O–H groups in total. The van der Waals surface area contributed by atoms with Crippen molar-refractivity contribution in [3.05, 3.63) is 47.8 Å². The highest BCUT2D eigenvalue weighted by Gasteiger charge is 2.26. The van der Waals surface area contributed by atoms with E-state index in [1.165, 1.54) is 18.4 Å². The van der Waals surface area contributed by atoms with Gasteiger partial charge in [-0.15, -0.1) is 0 Å². The maximum absolute atomic E-state index is 8.78. The number of hydrogen-bond acceptors (Lipinski definition) is 4. The fourth-order valence-corrected chi connectivity index (χ4v) is 3.17. The summed E-state index contributed by atoms with van der Waals surface area (Å²) in [4.78, 5) is 2.53. The molecule has 0 radical (unpaired) electrons. The zero-order chi connectivity index (χ0) is 16.1. The molecule has 120 valence electrons. The molecule has 1 aromatic carbocycles. The third-order valence-electron chi connectivity index (χ3n) is 4.32. The van der Waals surface area contributed by atoms with Crippen LogP contribution in [0.1, 0.15) is 36.4 Å². The van der Waals surface area contributed by atoms with Crippen molar-refractivity contribution in [1.82, 2.24) is 14.7 Å². The molecule has 5 heteroatoms. The summed E-state index contributed by atoms with van der Waals surface area (Å²) in [5.74, 6) is 0.828. The van der Waals surface area contributed by atoms with E-state index in [9.17, 15) is 0 Å². The van der Waals surface area contributed by atoms with Gasteiger partial charge in [-0.25, -0.2) is 0 Å². The van der Waals surface area contributed by atoms with E-state index >= 15 is 0 Å². The van der Waals surface area contributed by atoms with Gasteiger partial charge >= 0.3 is 0 Å². The number of nitriles is 1. The standard InChI is InChI=1S/C18H22N4O/c1-21-14-16(13-20-21)18-4-2-9-22(18)10-3-11-23-17-7-5-15(12-19)6-8-17/h5-8,13-14,18H,2-4,9-11H2,1H3/t18-/m0/s1. The molecule has 0 unspecified atom stereocenters. The maximum Gasteiger partial charge on any atom is 0.119 e. The Morgan fingerprint density at radius 3 is 2.87 bits per heavy atom. The Kier molecular flexibility index (Phi) is 4.94. The van der Waals surface area contributed by atoms with E-state index in [0.717, 1.165) is 25.3 Å². The molecule has 1 fully saturated rings. The van der Waals surface area contributed by atoms with Crippen LogP contribution in [0.25, 0.3) is 0 Å². The first-order chi connectivity index (χ1) is 11.3. The Hall–Kier alpha value is -2.32. The third-order valence-corrected chi connectivity index (χ3v) is 4.32. The highest BCUT2D eigenvalue weighted by Crippen LogP contribution is 2.31. The van der Waals surface area contributed by atoms with Crippen LogP contribution in [0.2, 0.25) is 0 Å². The van der Waals surface area contributed by atoms with Crippen LogP contribution in [0.15, 0.2) is 36.7 Å². The van der Waals surface area contributed by atoms with Crippen molar-refractivity contribution in [1.29, 1.82) is 5.26 Å². The molecule has 0 saturated carbocycles. The van der Waals surface area contributed by atoms with Crippen LogP contribution in [0, 0.1) is 11.3 Å². The molecule has 1 aromatic heterocycles. The van der Waals surface area contributed by atoms with Gasteiger partial charge in [0.1, 0.15) is 5.75 Å². The molecule has 0 bridgehead atoms. The molecular weight excluding hydrogens is 288 g/mol. The highest BCUT2D eigenvalue weighted by atomic mass is 16.5. The Balaban J connectivity index is 1.45. The molecule has 1 saturated heterocycles. The number of benzene rings is 1. The SMILES string of the molecule is Cn1cc([C@@H]2CCCN2CCCOc2ccc(C#N)cc2)cn1. The van der Waals surface area contributed by atoms with Crippen molar-refractivity contribution < 1.29 is 4.74 Å². The second kappa shape index (κ2) is 7.30. The fraction of sp³-hybridized carbons (Fsp3) is 0.444. The number of hydrogen-bond donors (Lipinski definition) is 0. The highest BCUT2D eigenvalue weighted by molar-refractivity contribution is 5.34. The average molecular weight is 310 g/mol. The summed E-state index contributed by atoms with van der Waals surface area (Å²) in [5, 5.41) is 13.1. The fourth-order valence-electron chi connectivity index (χ4n) is 3.17. The van der Waals surface area contributed by atoms with E-state index < -0.39 is 0 Å². The maximum atomic E-state index is 8.78. The van der Waals surface area contributed by atoms with E-state index in [4.69, 9.17) is 10.00 Å². The largest absolute Gasteiger partial charge is 0.494 e. The van der Waals surface area contributed by atoms with E-state index in [1.54, 1.807) is 12.1 Å². The van der Waals surface area contributed by atoms with Gasteiger partial charge < -0.3 is 4.74 Å². The number of rotatable bonds is 6. The van der Waals surface area contributed by atoms with Crippen molar-refractivity contribution in [2.24, 2.45) is 7.05 Å². The molecule has 23 heavy (non-hydrogen) atoms. The molecule has 3 rings (SSSR count). The summed E-state index contributed by atoms with van der Waals surface area (Å²) in [6.07, 6.45) is 7.56. The van der Waals surface area contributed by atoms with Gasteiger partial charge in [-0.3, -0.25) is 9.58 Å². The summed E-state index contributed by atoms with van der Waals surface area (Å²) in [7, 11) is 1.97. The van der Waals surface area contributed by atoms with Crippen molar-refractivity contribution in [3.8, 4) is 11.8 Å². The van der Waals surface area contributed by atoms with Gasteiger partial charge in [0.15, 0.2) is 0 Å². The number of ether oxygens (including phenoxy) is 1. The summed E-state index contributed by atoms with van der Waals surface area (Å²) < 4.78 is 7.63. The molecule has 2 heterocycles. The Morgan fingerprint density at radius 2 is 2.17 bits per heavy atom. The Morgan fingerprint density at radius 1 is 1.35 bits per heavy atom. The first-order valence-electron chi connectivity index (χ1n) is 8.12. The minimum Gasteiger partial charge on any atom is -0.494 e. The second-order valence-corrected chi connectivity index (χ2v) is 5.98. The molecule has 2 aromatic rings. The molecule has 5 nitrogen and oxygen atoms in total. The summed E-state index contributed by atoms with van der Waals surface area (Å²) in [5.41, 5.74) is 1.98. The van der Waals surface area contributed by atoms with Crippen molar-refractivity contribution in [3.63, 3.8) is 0 Å². The monoisotopic (exact) mass is 310 g/mol. The smallest absolute Gasteiger partial charge is 0.119 e. The van der Waals surface area contributed by atoms with Crippen LogP contribution in [0.5, 0.6) is 5.75 Å². The van der Waals surface area contributed by atoms with E-state index in [0.29, 0.717) is 18.2 Å². The quantitative estimate of drug-likeness (QED) is 0.770. The Labute approximate surface area is 137 Å². The number of nitrogens with zero attached hydrogens (tertiary/aromatic N) is 4. The number of aryl methyl sites for hydroxylation is 1. The molecule has 0 amide bonds. The zero-order valence-corrected chi connectivity index (χ0v) is 13.5. The van der Waals surface area contributed by atoms with Crippen LogP contribution in [0.3, 0.4) is 0 Å². The second-order valence-electron chi connectivity index (χ2n) is 5.98. The van der Waals surface area contributed by atoms with E-state index in [1.807, 2.05) is 30.1 Å². The summed E-state index contributed by atoms with van der Waals surface area (Å²) in [6.45, 7) is 2.88. The lowest BCUT2D eigenvalue weighted by molar-refractivity contribution is 0.222. The van der Waals surface area contributed by atoms with Crippen LogP contribution in [-0.2, 0) is 7.05 Å². The minimum atomic E-state index is 0.499. The molecule has 0 spiro atoms. The molecular formula is C18H22N4O. The summed E-state index contributed by atoms with van der Waals surface area (Å²) >= 11 is 0. The van der Waals surface area contributed by atoms with E-state index in [2.05, 4.69) is 22.3 Å². The van der Waals surface area contributed by atoms with Crippen LogP contribution < -0.4 is 4.74 Å². The van der Waals surface area contributed by atoms with Crippen molar-refractivity contribution in [2.45, 2.75) is 25.3 Å². The molecule has 0 aliphatic carbocycles. The normalized spacial score (nSPS) is 18.0. The summed E-state index contributed by atoms with van der Waals surface area (Å²) in [6, 6.07) is 9.89. The predicted octanol–water partition coefficient (Wildman–Crippen LogP) is 2.90. The predicted molar refractivity (Wildman–Crippen MR) is 88.0 cm³/mol. The van der Waals surface area contributed by atoms with Gasteiger partial charge in [0, 0.05) is 31.4 Å². The van der Waals surface area contributed by atoms with Gasteiger partial charge in [0.25, 0.3) is 0 Å². The molecule has 1 aliphatic heterocycles. The van der Waals surface area contributed by atoms with Crippen LogP contribution in [0.4, 0.5) is 0 Å². The van der Waals surface area contributed by atoms with Gasteiger partial charge in [0.2, 0.25) is 0 Å². The molecule has 1 aliphatic rings. The lowest BCUT2D eigenvalue weighted by Gasteiger charge is -2.23. The van der Waals surface area contributed by atoms with Crippen LogP contribution in [-0.4, -0.2) is 34.4 Å². The van der Waals surface area contributed by atoms with Crippen molar-refractivity contribution in [2.75, 3.05) is 19.7 Å². The zero-order valence-electron chi connectivity index (χ0n) is 13.5. The van der Waals surface area contributed by atoms with Gasteiger partial charge in [-0.05, 0) is 50.1 Å². The Bertz CT molecular complexity index is 671. The van der Waals surface area contributed by atoms with Gasteiger partial charge in [0.05, 0.1) is 24.4 Å².